The molecule has 0 aliphatic rings. The molecule has 0 aliphatic heterocycles. The second-order valence-electron chi connectivity index (χ2n) is 4.42. The molecular weight excluding hydrogens is 289 g/mol. The average molecular weight is 300 g/mol. The number of hydrogen-bond donors (Lipinski definition) is 0. The van der Waals surface area contributed by atoms with Gasteiger partial charge in [0, 0.05) is 5.56 Å². The molecule has 0 spiro atoms. The van der Waals surface area contributed by atoms with Crippen molar-refractivity contribution in [1.82, 2.24) is 5.32 Å². The molecule has 2 aromatic rings. The van der Waals surface area contributed by atoms with Crippen LogP contribution < -0.4 is 5.32 Å². The molecular formula is C15H11F5N. The van der Waals surface area contributed by atoms with E-state index in [-0.39, 0.29) is 6.54 Å². The number of alkyl halides is 5. The Hall–Kier alpha value is -2.11. The van der Waals surface area contributed by atoms with Gasteiger partial charge >= 0.3 is 12.1 Å². The Labute approximate surface area is 118 Å². The molecule has 1 nitrogen and oxygen atoms in total. The summed E-state index contributed by atoms with van der Waals surface area (Å²) in [4.78, 5) is 0. The molecule has 0 saturated carbocycles. The fraction of sp³-hybridized carbons (Fsp3) is 0.200. The fourth-order valence-corrected chi connectivity index (χ4v) is 1.74. The minimum atomic E-state index is -5.61. The number of benzene rings is 2. The zero-order valence-corrected chi connectivity index (χ0v) is 10.7. The van der Waals surface area contributed by atoms with E-state index < -0.39 is 17.7 Å². The van der Waals surface area contributed by atoms with E-state index in [0.29, 0.717) is 11.3 Å². The Morgan fingerprint density at radius 3 is 2.10 bits per heavy atom. The van der Waals surface area contributed by atoms with Crippen LogP contribution in [0.1, 0.15) is 11.1 Å². The van der Waals surface area contributed by atoms with Crippen molar-refractivity contribution in [3.8, 4) is 0 Å². The molecule has 6 heteroatoms. The largest absolute Gasteiger partial charge is 0.458 e. The molecule has 0 amide bonds. The van der Waals surface area contributed by atoms with E-state index in [0.717, 1.165) is 12.1 Å². The van der Waals surface area contributed by atoms with Gasteiger partial charge in [0.05, 0.1) is 12.2 Å². The predicted molar refractivity (Wildman–Crippen MR) is 68.3 cm³/mol. The molecule has 2 aromatic carbocycles. The molecule has 0 bridgehead atoms. The van der Waals surface area contributed by atoms with Gasteiger partial charge in [0.2, 0.25) is 0 Å². The summed E-state index contributed by atoms with van der Waals surface area (Å²) >= 11 is 0. The zero-order chi connectivity index (χ0) is 15.5. The molecule has 111 valence electrons. The quantitative estimate of drug-likeness (QED) is 0.722. The first-order chi connectivity index (χ1) is 9.80. The van der Waals surface area contributed by atoms with Gasteiger partial charge in [0.25, 0.3) is 0 Å². The van der Waals surface area contributed by atoms with Crippen LogP contribution in [0.2, 0.25) is 0 Å². The number of halogens is 5. The maximum atomic E-state index is 13.3. The molecule has 0 fully saturated rings. The van der Waals surface area contributed by atoms with E-state index in [1.807, 2.05) is 0 Å². The van der Waals surface area contributed by atoms with Crippen LogP contribution in [0, 0.1) is 0 Å². The maximum Gasteiger partial charge on any atom is 0.458 e. The Bertz CT molecular complexity index is 593. The fourth-order valence-electron chi connectivity index (χ4n) is 1.74. The summed E-state index contributed by atoms with van der Waals surface area (Å²) in [5, 5.41) is 4.14. The lowest BCUT2D eigenvalue weighted by molar-refractivity contribution is -0.289. The molecule has 0 N–H and O–H groups in total. The summed E-state index contributed by atoms with van der Waals surface area (Å²) in [5.41, 5.74) is -0.151. The summed E-state index contributed by atoms with van der Waals surface area (Å²) in [7, 11) is 0. The maximum absolute atomic E-state index is 13.3. The second-order valence-corrected chi connectivity index (χ2v) is 4.42. The van der Waals surface area contributed by atoms with E-state index in [4.69, 9.17) is 0 Å². The highest BCUT2D eigenvalue weighted by atomic mass is 19.4. The first-order valence-corrected chi connectivity index (χ1v) is 6.07. The van der Waals surface area contributed by atoms with Crippen LogP contribution in [0.15, 0.2) is 54.6 Å². The van der Waals surface area contributed by atoms with E-state index in [1.165, 1.54) is 12.1 Å². The Kier molecular flexibility index (Phi) is 4.16. The van der Waals surface area contributed by atoms with Crippen LogP contribution in [-0.2, 0) is 12.5 Å². The van der Waals surface area contributed by atoms with Crippen LogP contribution in [0.4, 0.5) is 27.6 Å². The first-order valence-electron chi connectivity index (χ1n) is 6.07. The van der Waals surface area contributed by atoms with Gasteiger partial charge in [-0.2, -0.15) is 22.0 Å². The number of hydrogen-bond acceptors (Lipinski definition) is 0. The molecule has 0 aromatic heterocycles. The van der Waals surface area contributed by atoms with Gasteiger partial charge in [0.1, 0.15) is 0 Å². The van der Waals surface area contributed by atoms with Crippen molar-refractivity contribution in [2.45, 2.75) is 18.6 Å². The molecule has 0 aliphatic carbocycles. The number of nitrogens with zero attached hydrogens (tertiary/aromatic N) is 1. The van der Waals surface area contributed by atoms with Crippen molar-refractivity contribution in [2.24, 2.45) is 0 Å². The van der Waals surface area contributed by atoms with Gasteiger partial charge in [0.15, 0.2) is 0 Å². The number of para-hydroxylation sites is 1. The highest BCUT2D eigenvalue weighted by Gasteiger charge is 2.58. The van der Waals surface area contributed by atoms with Crippen LogP contribution in [0.25, 0.3) is 0 Å². The Morgan fingerprint density at radius 1 is 0.810 bits per heavy atom. The monoisotopic (exact) mass is 300 g/mol. The minimum absolute atomic E-state index is 0.0335. The van der Waals surface area contributed by atoms with Gasteiger partial charge in [-0.3, -0.25) is 5.32 Å². The molecule has 1 radical (unpaired) electrons. The third-order valence-corrected chi connectivity index (χ3v) is 2.85. The highest BCUT2D eigenvalue weighted by Crippen LogP contribution is 2.43. The van der Waals surface area contributed by atoms with Crippen molar-refractivity contribution < 1.29 is 22.0 Å². The minimum Gasteiger partial charge on any atom is -0.281 e. The van der Waals surface area contributed by atoms with Crippen LogP contribution in [0.3, 0.4) is 0 Å². The van der Waals surface area contributed by atoms with E-state index >= 15 is 0 Å². The highest BCUT2D eigenvalue weighted by molar-refractivity contribution is 5.36. The van der Waals surface area contributed by atoms with Crippen molar-refractivity contribution >= 4 is 5.69 Å². The van der Waals surface area contributed by atoms with Crippen molar-refractivity contribution in [3.05, 3.63) is 65.7 Å². The third kappa shape index (κ3) is 3.51. The second kappa shape index (κ2) is 5.71. The normalized spacial score (nSPS) is 12.2. The van der Waals surface area contributed by atoms with Gasteiger partial charge in [-0.05, 0) is 23.8 Å². The Morgan fingerprint density at radius 2 is 1.48 bits per heavy atom. The smallest absolute Gasteiger partial charge is 0.281 e. The zero-order valence-electron chi connectivity index (χ0n) is 10.7. The molecule has 21 heavy (non-hydrogen) atoms. The van der Waals surface area contributed by atoms with Gasteiger partial charge in [-0.25, -0.2) is 0 Å². The topological polar surface area (TPSA) is 14.1 Å². The third-order valence-electron chi connectivity index (χ3n) is 2.85. The van der Waals surface area contributed by atoms with Crippen LogP contribution in [-0.4, -0.2) is 6.18 Å². The lowest BCUT2D eigenvalue weighted by atomic mass is 10.0. The summed E-state index contributed by atoms with van der Waals surface area (Å²) < 4.78 is 63.5. The Balaban J connectivity index is 2.15. The summed E-state index contributed by atoms with van der Waals surface area (Å²) in [6.07, 6.45) is -5.61. The molecule has 0 heterocycles. The molecule has 0 unspecified atom stereocenters. The van der Waals surface area contributed by atoms with Crippen LogP contribution >= 0.6 is 0 Å². The lowest BCUT2D eigenvalue weighted by Crippen LogP contribution is -2.33. The molecule has 0 saturated heterocycles. The average Bonchev–Trinajstić information content (AvgIpc) is 2.45. The number of rotatable bonds is 4. The predicted octanol–water partition coefficient (Wildman–Crippen LogP) is 4.78. The van der Waals surface area contributed by atoms with Crippen molar-refractivity contribution in [3.63, 3.8) is 0 Å². The van der Waals surface area contributed by atoms with Crippen molar-refractivity contribution in [1.29, 1.82) is 0 Å². The van der Waals surface area contributed by atoms with Gasteiger partial charge < -0.3 is 0 Å². The van der Waals surface area contributed by atoms with Gasteiger partial charge in [-0.15, -0.1) is 0 Å². The van der Waals surface area contributed by atoms with Crippen LogP contribution in [0.5, 0.6) is 0 Å². The summed E-state index contributed by atoms with van der Waals surface area (Å²) in [6, 6.07) is 13.0. The summed E-state index contributed by atoms with van der Waals surface area (Å²) in [6.45, 7) is 0.0335. The van der Waals surface area contributed by atoms with Gasteiger partial charge in [-0.1, -0.05) is 36.4 Å². The van der Waals surface area contributed by atoms with Crippen molar-refractivity contribution in [2.75, 3.05) is 0 Å². The molecule has 0 atom stereocenters. The SMILES string of the molecule is FC(F)(F)C(F)(F)c1cccc(C[N]c2ccccc2)c1. The van der Waals surface area contributed by atoms with E-state index in [9.17, 15) is 22.0 Å². The molecule has 2 rings (SSSR count). The summed E-state index contributed by atoms with van der Waals surface area (Å²) in [5.74, 6) is -4.87. The first kappa shape index (κ1) is 15.3. The lowest BCUT2D eigenvalue weighted by Gasteiger charge is -2.20. The van der Waals surface area contributed by atoms with E-state index in [2.05, 4.69) is 5.32 Å². The standard InChI is InChI=1S/C15H11F5N/c16-14(17,15(18,19)20)12-6-4-5-11(9-12)10-21-13-7-2-1-3-8-13/h1-9H,10H2. The van der Waals surface area contributed by atoms with E-state index in [1.54, 1.807) is 30.3 Å².